The van der Waals surface area contributed by atoms with E-state index >= 15 is 0 Å². The largest absolute Gasteiger partial charge is 0.308 e. The summed E-state index contributed by atoms with van der Waals surface area (Å²) in [4.78, 5) is 31.1. The number of allylic oxidation sites excluding steroid dienone is 4. The number of carbonyl (C=O) groups excluding carboxylic acids is 2. The average Bonchev–Trinajstić information content (AvgIpc) is 3.07. The van der Waals surface area contributed by atoms with E-state index in [9.17, 15) is 9.59 Å². The lowest BCUT2D eigenvalue weighted by Gasteiger charge is -2.21. The maximum absolute atomic E-state index is 13.0. The third-order valence-electron chi connectivity index (χ3n) is 7.13. The van der Waals surface area contributed by atoms with Gasteiger partial charge in [-0.3, -0.25) is 14.6 Å². The zero-order valence-electron chi connectivity index (χ0n) is 21.9. The summed E-state index contributed by atoms with van der Waals surface area (Å²) in [5.41, 5.74) is 10.6. The van der Waals surface area contributed by atoms with E-state index in [4.69, 9.17) is 10.4 Å². The summed E-state index contributed by atoms with van der Waals surface area (Å²) in [6.07, 6.45) is 4.19. The number of hydrogen-bond acceptors (Lipinski definition) is 4. The van der Waals surface area contributed by atoms with Gasteiger partial charge in [-0.1, -0.05) is 49.6 Å². The summed E-state index contributed by atoms with van der Waals surface area (Å²) in [5, 5.41) is 8.03. The number of carbonyl (C=O) groups is 2. The first kappa shape index (κ1) is 26.0. The Morgan fingerprint density at radius 1 is 1.05 bits per heavy atom. The van der Waals surface area contributed by atoms with Crippen molar-refractivity contribution >= 4 is 40.6 Å². The van der Waals surface area contributed by atoms with Crippen LogP contribution in [0.5, 0.6) is 0 Å². The second-order valence-corrected chi connectivity index (χ2v) is 9.88. The maximum atomic E-state index is 13.0. The zero-order chi connectivity index (χ0) is 26.9. The Bertz CT molecular complexity index is 1420. The molecule has 1 amide bonds. The van der Waals surface area contributed by atoms with Crippen molar-refractivity contribution < 1.29 is 9.59 Å². The highest BCUT2D eigenvalue weighted by Crippen LogP contribution is 2.37. The molecule has 2 aromatic carbocycles. The van der Waals surface area contributed by atoms with Crippen molar-refractivity contribution in [3.63, 3.8) is 0 Å². The van der Waals surface area contributed by atoms with Crippen LogP contribution in [0, 0.1) is 19.3 Å². The summed E-state index contributed by atoms with van der Waals surface area (Å²) in [7, 11) is 0. The molecule has 2 aliphatic rings. The van der Waals surface area contributed by atoms with Gasteiger partial charge in [0, 0.05) is 23.2 Å². The molecule has 0 unspecified atom stereocenters. The highest BCUT2D eigenvalue weighted by atomic mass is 16.2. The molecular formula is C32H33N3O2. The number of nitrogens with zero attached hydrogens (tertiary/aromatic N) is 2. The molecule has 0 saturated carbocycles. The lowest BCUT2D eigenvalue weighted by atomic mass is 9.85. The van der Waals surface area contributed by atoms with Gasteiger partial charge in [0.2, 0.25) is 0 Å². The first-order valence-corrected chi connectivity index (χ1v) is 12.5. The molecule has 0 aromatic heterocycles. The lowest BCUT2D eigenvalue weighted by molar-refractivity contribution is -0.117. The molecule has 37 heavy (non-hydrogen) atoms. The van der Waals surface area contributed by atoms with Gasteiger partial charge in [0.25, 0.3) is 5.91 Å². The fourth-order valence-electron chi connectivity index (χ4n) is 4.91. The van der Waals surface area contributed by atoms with E-state index in [0.29, 0.717) is 36.9 Å². The minimum atomic E-state index is -0.219. The Labute approximate surface area is 219 Å². The summed E-state index contributed by atoms with van der Waals surface area (Å²) in [6.45, 7) is 18.2. The summed E-state index contributed by atoms with van der Waals surface area (Å²) >= 11 is 0. The van der Waals surface area contributed by atoms with Crippen molar-refractivity contribution in [1.29, 1.82) is 5.41 Å². The first-order valence-electron chi connectivity index (χ1n) is 12.5. The van der Waals surface area contributed by atoms with Gasteiger partial charge in [-0.2, -0.15) is 0 Å². The average molecular weight is 492 g/mol. The van der Waals surface area contributed by atoms with Crippen LogP contribution >= 0.6 is 0 Å². The second-order valence-electron chi connectivity index (χ2n) is 9.88. The Morgan fingerprint density at radius 2 is 1.76 bits per heavy atom. The Hall–Kier alpha value is -4.12. The summed E-state index contributed by atoms with van der Waals surface area (Å²) in [6, 6.07) is 12.0. The molecule has 5 nitrogen and oxygen atoms in total. The first-order chi connectivity index (χ1) is 17.6. The van der Waals surface area contributed by atoms with Gasteiger partial charge >= 0.3 is 0 Å². The number of ketones is 1. The second kappa shape index (κ2) is 10.5. The van der Waals surface area contributed by atoms with Crippen molar-refractivity contribution in [2.24, 2.45) is 4.99 Å². The number of aryl methyl sites for hydroxylation is 2. The molecule has 188 valence electrons. The van der Waals surface area contributed by atoms with Crippen molar-refractivity contribution in [2.75, 3.05) is 6.54 Å². The third kappa shape index (κ3) is 5.21. The Kier molecular flexibility index (Phi) is 7.35. The Morgan fingerprint density at radius 3 is 2.41 bits per heavy atom. The van der Waals surface area contributed by atoms with Crippen LogP contribution in [0.1, 0.15) is 65.2 Å². The van der Waals surface area contributed by atoms with Crippen molar-refractivity contribution in [2.45, 2.75) is 46.5 Å². The molecule has 1 heterocycles. The standard InChI is InChI=1S/C32H33N3O2/c1-19-7-10-25(11-8-19)23(5)27-13-14-30(20(2)9-12-26(27)17-33)34-31-16-29-28(15-21(31)3)24(6)35(32(29)37)18-22(4)36/h7-8,10-11,15-17,33H,2,5-6,9,12-14,18H2,1,3-4H3/b27-26-,33-17?,34-30?. The predicted octanol–water partition coefficient (Wildman–Crippen LogP) is 7.18. The molecule has 1 N–H and O–H groups in total. The zero-order valence-corrected chi connectivity index (χ0v) is 21.9. The van der Waals surface area contributed by atoms with Gasteiger partial charge in [0.15, 0.2) is 0 Å². The highest BCUT2D eigenvalue weighted by Gasteiger charge is 2.32. The van der Waals surface area contributed by atoms with E-state index in [2.05, 4.69) is 50.9 Å². The molecule has 4 rings (SSSR count). The van der Waals surface area contributed by atoms with Gasteiger partial charge in [-0.25, -0.2) is 0 Å². The monoisotopic (exact) mass is 491 g/mol. The molecule has 0 radical (unpaired) electrons. The molecule has 2 aromatic rings. The van der Waals surface area contributed by atoms with Gasteiger partial charge in [0.1, 0.15) is 5.78 Å². The van der Waals surface area contributed by atoms with Gasteiger partial charge in [-0.15, -0.1) is 0 Å². The van der Waals surface area contributed by atoms with Crippen molar-refractivity contribution in [1.82, 2.24) is 4.90 Å². The number of Topliss-reactive ketones (excluding diaryl/α,β-unsaturated/α-hetero) is 1. The fraction of sp³-hybridized carbons (Fsp3) is 0.250. The van der Waals surface area contributed by atoms with E-state index in [0.717, 1.165) is 50.4 Å². The van der Waals surface area contributed by atoms with Crippen molar-refractivity contribution in [3.8, 4) is 0 Å². The molecule has 0 atom stereocenters. The number of hydrogen-bond donors (Lipinski definition) is 1. The van der Waals surface area contributed by atoms with Crippen molar-refractivity contribution in [3.05, 3.63) is 101 Å². The van der Waals surface area contributed by atoms with Crippen LogP contribution in [0.4, 0.5) is 5.69 Å². The molecule has 0 fully saturated rings. The lowest BCUT2D eigenvalue weighted by Crippen LogP contribution is -2.27. The summed E-state index contributed by atoms with van der Waals surface area (Å²) < 4.78 is 0. The molecular weight excluding hydrogens is 458 g/mol. The quantitative estimate of drug-likeness (QED) is 0.435. The highest BCUT2D eigenvalue weighted by molar-refractivity contribution is 6.11. The van der Waals surface area contributed by atoms with Crippen LogP contribution < -0.4 is 0 Å². The van der Waals surface area contributed by atoms with Gasteiger partial charge in [0.05, 0.1) is 17.8 Å². The number of amides is 1. The number of nitrogens with one attached hydrogen (secondary N) is 1. The summed E-state index contributed by atoms with van der Waals surface area (Å²) in [5.74, 6) is -0.311. The van der Waals surface area contributed by atoms with E-state index in [-0.39, 0.29) is 18.2 Å². The van der Waals surface area contributed by atoms with Crippen LogP contribution in [0.3, 0.4) is 0 Å². The fourth-order valence-corrected chi connectivity index (χ4v) is 4.91. The van der Waals surface area contributed by atoms with Crippen LogP contribution in [0.25, 0.3) is 11.3 Å². The predicted molar refractivity (Wildman–Crippen MR) is 153 cm³/mol. The number of rotatable bonds is 6. The number of aliphatic imine (C=N–C) groups is 1. The van der Waals surface area contributed by atoms with Gasteiger partial charge in [-0.05, 0) is 92.0 Å². The van der Waals surface area contributed by atoms with E-state index in [1.807, 2.05) is 19.1 Å². The van der Waals surface area contributed by atoms with E-state index in [1.165, 1.54) is 23.6 Å². The minimum absolute atomic E-state index is 0.0153. The molecule has 0 bridgehead atoms. The Balaban J connectivity index is 1.66. The van der Waals surface area contributed by atoms with Crippen LogP contribution in [0.2, 0.25) is 0 Å². The van der Waals surface area contributed by atoms with Gasteiger partial charge < -0.3 is 10.3 Å². The number of fused-ring (bicyclic) bond motifs is 1. The molecule has 1 aliphatic carbocycles. The molecule has 1 aliphatic heterocycles. The molecule has 0 spiro atoms. The van der Waals surface area contributed by atoms with Crippen LogP contribution in [-0.2, 0) is 4.79 Å². The number of benzene rings is 2. The molecule has 0 saturated heterocycles. The topological polar surface area (TPSA) is 73.6 Å². The SMILES string of the molecule is C=C1CC/C(C=N)=C(/C(=C)c2ccc(C)cc2)CCC1=Nc1cc2c(cc1C)C(=C)N(CC(C)=O)C2=O. The minimum Gasteiger partial charge on any atom is -0.308 e. The van der Waals surface area contributed by atoms with E-state index < -0.39 is 0 Å². The normalized spacial score (nSPS) is 19.1. The smallest absolute Gasteiger partial charge is 0.259 e. The maximum Gasteiger partial charge on any atom is 0.259 e. The van der Waals surface area contributed by atoms with E-state index in [1.54, 1.807) is 0 Å². The third-order valence-corrected chi connectivity index (χ3v) is 7.13. The van der Waals surface area contributed by atoms with Crippen LogP contribution in [0.15, 0.2) is 77.8 Å². The molecule has 5 heteroatoms. The van der Waals surface area contributed by atoms with Crippen LogP contribution in [-0.4, -0.2) is 35.1 Å².